The van der Waals surface area contributed by atoms with Crippen molar-refractivity contribution in [2.45, 2.75) is 226 Å². The molecule has 0 heterocycles. The number of unbranched alkanes of at least 4 members (excludes halogenated alkanes) is 24. The molecule has 51 heavy (non-hydrogen) atoms. The minimum atomic E-state index is 0. The zero-order chi connectivity index (χ0) is 36.6. The molecule has 0 radical (unpaired) electrons. The van der Waals surface area contributed by atoms with Crippen molar-refractivity contribution in [3.8, 4) is 0 Å². The van der Waals surface area contributed by atoms with Gasteiger partial charge in [-0.1, -0.05) is 161 Å². The summed E-state index contributed by atoms with van der Waals surface area (Å²) in [6.45, 7) is 10.3. The van der Waals surface area contributed by atoms with Gasteiger partial charge in [0.1, 0.15) is 6.54 Å². The van der Waals surface area contributed by atoms with Crippen LogP contribution in [0.1, 0.15) is 213 Å². The summed E-state index contributed by atoms with van der Waals surface area (Å²) in [5.74, 6) is 0. The fourth-order valence-electron chi connectivity index (χ4n) is 7.14. The molecule has 2 unspecified atom stereocenters. The molecule has 0 aliphatic carbocycles. The molecule has 0 aromatic heterocycles. The molecule has 0 bridgehead atoms. The predicted octanol–water partition coefficient (Wildman–Crippen LogP) is 10.7. The predicted molar refractivity (Wildman–Crippen MR) is 222 cm³/mol. The van der Waals surface area contributed by atoms with Crippen LogP contribution in [0.25, 0.3) is 0 Å². The Morgan fingerprint density at radius 2 is 0.882 bits per heavy atom. The highest BCUT2D eigenvalue weighted by Gasteiger charge is 2.29. The lowest BCUT2D eigenvalue weighted by atomic mass is 10.0. The van der Waals surface area contributed by atoms with Crippen LogP contribution in [0.5, 0.6) is 0 Å². The van der Waals surface area contributed by atoms with Crippen molar-refractivity contribution in [3.05, 3.63) is 24.3 Å². The lowest BCUT2D eigenvalue weighted by Gasteiger charge is -2.39. The van der Waals surface area contributed by atoms with Gasteiger partial charge in [-0.05, 0) is 70.6 Å². The normalized spacial score (nSPS) is 13.4. The Kier molecular flexibility index (Phi) is 44.1. The van der Waals surface area contributed by atoms with Crippen LogP contribution in [-0.4, -0.2) is 68.8 Å². The maximum Gasteiger partial charge on any atom is 0.102 e. The molecule has 2 atom stereocenters. The smallest absolute Gasteiger partial charge is 0.102 e. The Bertz CT molecular complexity index is 713. The molecule has 0 aliphatic heterocycles. The summed E-state index contributed by atoms with van der Waals surface area (Å²) in [5, 5.41) is 9.64. The van der Waals surface area contributed by atoms with E-state index in [2.05, 4.69) is 59.2 Å². The van der Waals surface area contributed by atoms with Crippen LogP contribution in [0.15, 0.2) is 24.3 Å². The molecule has 0 saturated carbocycles. The van der Waals surface area contributed by atoms with Crippen molar-refractivity contribution in [2.75, 3.05) is 47.1 Å². The van der Waals surface area contributed by atoms with Gasteiger partial charge in [-0.2, -0.15) is 0 Å². The van der Waals surface area contributed by atoms with E-state index in [4.69, 9.17) is 9.47 Å². The van der Waals surface area contributed by atoms with E-state index in [-0.39, 0.29) is 29.7 Å². The number of halogens is 1. The summed E-state index contributed by atoms with van der Waals surface area (Å²) >= 11 is 0. The second-order valence-electron chi connectivity index (χ2n) is 16.0. The quantitative estimate of drug-likeness (QED) is 0.0381. The van der Waals surface area contributed by atoms with Gasteiger partial charge in [-0.25, -0.2) is 0 Å². The van der Waals surface area contributed by atoms with Gasteiger partial charge < -0.3 is 36.0 Å². The number of likely N-dealkylation sites (N-methyl/N-ethyl adjacent to an activating group) is 1. The molecule has 0 aliphatic rings. The molecular weight excluding hydrogens is 694 g/mol. The topological polar surface area (TPSA) is 38.7 Å². The lowest BCUT2D eigenvalue weighted by molar-refractivity contribution is -0.916. The maximum absolute atomic E-state index is 9.64. The van der Waals surface area contributed by atoms with Crippen molar-refractivity contribution in [1.29, 1.82) is 0 Å². The van der Waals surface area contributed by atoms with Crippen LogP contribution in [0.2, 0.25) is 0 Å². The lowest BCUT2D eigenvalue weighted by Crippen LogP contribution is -3.00. The number of hydrogen-bond acceptors (Lipinski definition) is 3. The molecular formula is C46H92BrNO3. The molecule has 0 aromatic carbocycles. The van der Waals surface area contributed by atoms with Gasteiger partial charge in [0.05, 0.1) is 39.5 Å². The SMILES string of the molecule is CCCCCCCC/C=C\CCCCCCCCOCC(CC(CC)[N+](C)(C)CCO)OCCCCCCCC/C=C\CCCCCCCC.[Br-]. The molecule has 0 fully saturated rings. The minimum Gasteiger partial charge on any atom is -1.00 e. The zero-order valence-corrected chi connectivity index (χ0v) is 36.9. The fraction of sp³-hybridized carbons (Fsp3) is 0.913. The molecule has 0 saturated heterocycles. The zero-order valence-electron chi connectivity index (χ0n) is 35.3. The van der Waals surface area contributed by atoms with Crippen LogP contribution >= 0.6 is 0 Å². The first-order valence-electron chi connectivity index (χ1n) is 22.4. The van der Waals surface area contributed by atoms with E-state index in [0.717, 1.165) is 49.9 Å². The second kappa shape index (κ2) is 42.5. The Balaban J connectivity index is 0. The number of nitrogens with zero attached hydrogens (tertiary/aromatic N) is 1. The Labute approximate surface area is 331 Å². The molecule has 1 N–H and O–H groups in total. The van der Waals surface area contributed by atoms with E-state index in [1.807, 2.05) is 0 Å². The van der Waals surface area contributed by atoms with Gasteiger partial charge in [0.15, 0.2) is 0 Å². The monoisotopic (exact) mass is 786 g/mol. The van der Waals surface area contributed by atoms with Crippen LogP contribution in [0.3, 0.4) is 0 Å². The van der Waals surface area contributed by atoms with Gasteiger partial charge in [-0.15, -0.1) is 0 Å². The van der Waals surface area contributed by atoms with E-state index in [1.165, 1.54) is 167 Å². The third kappa shape index (κ3) is 37.9. The van der Waals surface area contributed by atoms with Crippen molar-refractivity contribution in [2.24, 2.45) is 0 Å². The molecule has 0 amide bonds. The fourth-order valence-corrected chi connectivity index (χ4v) is 7.14. The number of quaternary nitrogens is 1. The Morgan fingerprint density at radius 3 is 1.27 bits per heavy atom. The molecule has 4 nitrogen and oxygen atoms in total. The summed E-state index contributed by atoms with van der Waals surface area (Å²) in [7, 11) is 4.50. The molecule has 5 heteroatoms. The van der Waals surface area contributed by atoms with Gasteiger partial charge in [0.25, 0.3) is 0 Å². The van der Waals surface area contributed by atoms with Gasteiger partial charge in [-0.3, -0.25) is 0 Å². The summed E-state index contributed by atoms with van der Waals surface area (Å²) < 4.78 is 13.6. The van der Waals surface area contributed by atoms with E-state index in [0.29, 0.717) is 12.6 Å². The van der Waals surface area contributed by atoms with Crippen LogP contribution in [0, 0.1) is 0 Å². The first-order chi connectivity index (χ1) is 24.5. The van der Waals surface area contributed by atoms with Crippen LogP contribution in [0.4, 0.5) is 0 Å². The molecule has 306 valence electrons. The summed E-state index contributed by atoms with van der Waals surface area (Å²) in [6.07, 6.45) is 49.2. The summed E-state index contributed by atoms with van der Waals surface area (Å²) in [4.78, 5) is 0. The highest BCUT2D eigenvalue weighted by molar-refractivity contribution is 4.82. The number of ether oxygens (including phenoxy) is 2. The van der Waals surface area contributed by atoms with Crippen molar-refractivity contribution < 1.29 is 36.0 Å². The number of rotatable bonds is 41. The molecule has 0 aromatic rings. The van der Waals surface area contributed by atoms with Crippen LogP contribution < -0.4 is 17.0 Å². The number of hydrogen-bond donors (Lipinski definition) is 1. The van der Waals surface area contributed by atoms with Crippen molar-refractivity contribution in [1.82, 2.24) is 0 Å². The average Bonchev–Trinajstić information content (AvgIpc) is 3.10. The Hall–Kier alpha value is -0.200. The average molecular weight is 787 g/mol. The van der Waals surface area contributed by atoms with Crippen LogP contribution in [-0.2, 0) is 9.47 Å². The summed E-state index contributed by atoms with van der Waals surface area (Å²) in [6, 6.07) is 0.473. The third-order valence-corrected chi connectivity index (χ3v) is 10.8. The highest BCUT2D eigenvalue weighted by Crippen LogP contribution is 2.19. The van der Waals surface area contributed by atoms with E-state index in [1.54, 1.807) is 0 Å². The first-order valence-corrected chi connectivity index (χ1v) is 22.4. The van der Waals surface area contributed by atoms with Crippen molar-refractivity contribution >= 4 is 0 Å². The third-order valence-electron chi connectivity index (χ3n) is 10.8. The van der Waals surface area contributed by atoms with E-state index < -0.39 is 0 Å². The number of aliphatic hydroxyl groups is 1. The van der Waals surface area contributed by atoms with E-state index in [9.17, 15) is 5.11 Å². The molecule has 0 rings (SSSR count). The highest BCUT2D eigenvalue weighted by atomic mass is 79.9. The van der Waals surface area contributed by atoms with Gasteiger partial charge in [0.2, 0.25) is 0 Å². The number of aliphatic hydroxyl groups excluding tert-OH is 1. The standard InChI is InChI=1S/C46H92NO3.BrH/c1-6-9-11-13-15-17-19-21-23-25-27-29-31-33-35-37-41-49-44-46(43-45(8-3)47(4,5)39-40-48)50-42-38-36-34-32-30-28-26-24-22-20-18-16-14-12-10-7-2;/h21-24,45-46,48H,6-20,25-44H2,1-5H3;1H/q+1;/p-1/b23-21-,24-22-;. The largest absolute Gasteiger partial charge is 1.00 e. The Morgan fingerprint density at radius 1 is 0.510 bits per heavy atom. The van der Waals surface area contributed by atoms with Crippen molar-refractivity contribution in [3.63, 3.8) is 0 Å². The van der Waals surface area contributed by atoms with Gasteiger partial charge in [0, 0.05) is 19.6 Å². The second-order valence-corrected chi connectivity index (χ2v) is 16.0. The first kappa shape index (κ1) is 52.9. The molecule has 0 spiro atoms. The minimum absolute atomic E-state index is 0. The maximum atomic E-state index is 9.64. The summed E-state index contributed by atoms with van der Waals surface area (Å²) in [5.41, 5.74) is 0. The van der Waals surface area contributed by atoms with E-state index >= 15 is 0 Å². The number of allylic oxidation sites excluding steroid dienone is 4. The van der Waals surface area contributed by atoms with Gasteiger partial charge >= 0.3 is 0 Å².